The molecule has 2 aromatic carbocycles. The van der Waals surface area contributed by atoms with Gasteiger partial charge in [0.1, 0.15) is 5.75 Å². The predicted molar refractivity (Wildman–Crippen MR) is 106 cm³/mol. The molecule has 1 aliphatic rings. The monoisotopic (exact) mass is 382 g/mol. The third-order valence-corrected chi connectivity index (χ3v) is 4.92. The van der Waals surface area contributed by atoms with Gasteiger partial charge in [-0.25, -0.2) is 4.90 Å². The number of nitrogens with zero attached hydrogens (tertiary/aromatic N) is 1. The Morgan fingerprint density at radius 3 is 2.52 bits per heavy atom. The third kappa shape index (κ3) is 4.20. The van der Waals surface area contributed by atoms with Crippen LogP contribution in [0.3, 0.4) is 0 Å². The van der Waals surface area contributed by atoms with Gasteiger partial charge in [0.25, 0.3) is 11.8 Å². The highest BCUT2D eigenvalue weighted by atomic mass is 32.2. The van der Waals surface area contributed by atoms with E-state index in [1.807, 2.05) is 31.2 Å². The van der Waals surface area contributed by atoms with E-state index in [4.69, 9.17) is 4.74 Å². The Balaban J connectivity index is 1.64. The first-order valence-corrected chi connectivity index (χ1v) is 9.20. The molecule has 1 heterocycles. The van der Waals surface area contributed by atoms with Crippen LogP contribution in [-0.4, -0.2) is 30.6 Å². The topological polar surface area (TPSA) is 75.7 Å². The fourth-order valence-corrected chi connectivity index (χ4v) is 3.33. The summed E-state index contributed by atoms with van der Waals surface area (Å²) >= 11 is 1.03. The molecular formula is C20H18N2O4S. The van der Waals surface area contributed by atoms with E-state index >= 15 is 0 Å². The lowest BCUT2D eigenvalue weighted by Crippen LogP contribution is -2.31. The molecule has 3 amide bonds. The third-order valence-electron chi connectivity index (χ3n) is 3.91. The van der Waals surface area contributed by atoms with Gasteiger partial charge in [-0.3, -0.25) is 14.4 Å². The van der Waals surface area contributed by atoms with Crippen LogP contribution < -0.4 is 15.0 Å². The highest BCUT2D eigenvalue weighted by Gasteiger charge is 2.34. The molecule has 7 heteroatoms. The molecule has 3 rings (SSSR count). The summed E-state index contributed by atoms with van der Waals surface area (Å²) in [6.07, 6.45) is 1.25. The lowest BCUT2D eigenvalue weighted by molar-refractivity contribution is -0.120. The van der Waals surface area contributed by atoms with Crippen LogP contribution in [0.5, 0.6) is 5.75 Å². The zero-order valence-electron chi connectivity index (χ0n) is 14.9. The molecule has 1 aliphatic heterocycles. The summed E-state index contributed by atoms with van der Waals surface area (Å²) in [4.78, 5) is 38.3. The number of benzene rings is 2. The van der Waals surface area contributed by atoms with Crippen molar-refractivity contribution >= 4 is 40.9 Å². The van der Waals surface area contributed by atoms with Crippen LogP contribution >= 0.6 is 11.8 Å². The number of thioether (sulfide) groups is 1. The first kappa shape index (κ1) is 18.7. The Bertz CT molecular complexity index is 922. The van der Waals surface area contributed by atoms with Crippen LogP contribution in [-0.2, 0) is 14.4 Å². The summed E-state index contributed by atoms with van der Waals surface area (Å²) in [6, 6.07) is 14.2. The first-order chi connectivity index (χ1) is 13.0. The van der Waals surface area contributed by atoms with Crippen LogP contribution in [0, 0.1) is 6.92 Å². The maximum Gasteiger partial charge on any atom is 0.272 e. The average Bonchev–Trinajstić information content (AvgIpc) is 2.95. The van der Waals surface area contributed by atoms with Crippen LogP contribution in [0.15, 0.2) is 59.5 Å². The summed E-state index contributed by atoms with van der Waals surface area (Å²) in [6.45, 7) is 1.96. The zero-order chi connectivity index (χ0) is 19.4. The Morgan fingerprint density at radius 2 is 1.81 bits per heavy atom. The molecule has 0 aliphatic carbocycles. The summed E-state index contributed by atoms with van der Waals surface area (Å²) in [5.41, 5.74) is 2.16. The molecule has 0 radical (unpaired) electrons. The molecule has 0 atom stereocenters. The number of ether oxygens (including phenoxy) is 1. The Labute approximate surface area is 161 Å². The van der Waals surface area contributed by atoms with Crippen molar-refractivity contribution in [1.82, 2.24) is 0 Å². The van der Waals surface area contributed by atoms with Gasteiger partial charge in [-0.05, 0) is 31.2 Å². The summed E-state index contributed by atoms with van der Waals surface area (Å²) < 4.78 is 5.22. The molecule has 0 unspecified atom stereocenters. The number of para-hydroxylation sites is 2. The normalized spacial score (nSPS) is 13.6. The van der Waals surface area contributed by atoms with E-state index in [2.05, 4.69) is 5.32 Å². The lowest BCUT2D eigenvalue weighted by Gasteiger charge is -2.17. The molecule has 0 spiro atoms. The highest BCUT2D eigenvalue weighted by molar-refractivity contribution is 8.04. The van der Waals surface area contributed by atoms with Gasteiger partial charge in [0.15, 0.2) is 0 Å². The maximum atomic E-state index is 12.6. The molecule has 0 bridgehead atoms. The number of rotatable bonds is 6. The molecule has 27 heavy (non-hydrogen) atoms. The number of imide groups is 1. The molecule has 0 saturated heterocycles. The number of amides is 3. The Hall–Kier alpha value is -3.06. The SMILES string of the molecule is COc1ccccc1N1C(=O)C=C(SCC(=O)Nc2ccc(C)cc2)C1=O. The molecule has 0 fully saturated rings. The number of aryl methyl sites for hydroxylation is 1. The van der Waals surface area contributed by atoms with E-state index in [0.717, 1.165) is 22.2 Å². The summed E-state index contributed by atoms with van der Waals surface area (Å²) in [5.74, 6) is -0.710. The van der Waals surface area contributed by atoms with E-state index in [-0.39, 0.29) is 16.6 Å². The van der Waals surface area contributed by atoms with Crippen LogP contribution in [0.25, 0.3) is 0 Å². The summed E-state index contributed by atoms with van der Waals surface area (Å²) in [7, 11) is 1.47. The second-order valence-corrected chi connectivity index (χ2v) is 6.88. The zero-order valence-corrected chi connectivity index (χ0v) is 15.7. The molecule has 0 saturated carbocycles. The predicted octanol–water partition coefficient (Wildman–Crippen LogP) is 3.13. The van der Waals surface area contributed by atoms with E-state index in [0.29, 0.717) is 17.1 Å². The van der Waals surface area contributed by atoms with Crippen LogP contribution in [0.2, 0.25) is 0 Å². The summed E-state index contributed by atoms with van der Waals surface area (Å²) in [5, 5.41) is 2.76. The van der Waals surface area contributed by atoms with Gasteiger partial charge in [0.2, 0.25) is 5.91 Å². The van der Waals surface area contributed by atoms with Crippen molar-refractivity contribution in [1.29, 1.82) is 0 Å². The van der Waals surface area contributed by atoms with E-state index in [1.54, 1.807) is 24.3 Å². The van der Waals surface area contributed by atoms with Gasteiger partial charge in [-0.15, -0.1) is 11.8 Å². The maximum absolute atomic E-state index is 12.6. The molecule has 0 aromatic heterocycles. The molecule has 138 valence electrons. The quantitative estimate of drug-likeness (QED) is 0.777. The van der Waals surface area contributed by atoms with E-state index in [1.165, 1.54) is 13.2 Å². The van der Waals surface area contributed by atoms with Gasteiger partial charge >= 0.3 is 0 Å². The number of hydrogen-bond acceptors (Lipinski definition) is 5. The number of nitrogens with one attached hydrogen (secondary N) is 1. The Morgan fingerprint density at radius 1 is 1.11 bits per heavy atom. The number of anilines is 2. The number of carbonyl (C=O) groups is 3. The smallest absolute Gasteiger partial charge is 0.272 e. The van der Waals surface area contributed by atoms with Gasteiger partial charge in [-0.1, -0.05) is 29.8 Å². The van der Waals surface area contributed by atoms with E-state index in [9.17, 15) is 14.4 Å². The van der Waals surface area contributed by atoms with Crippen molar-refractivity contribution in [3.8, 4) is 5.75 Å². The number of carbonyl (C=O) groups excluding carboxylic acids is 3. The van der Waals surface area contributed by atoms with Crippen molar-refractivity contribution in [2.75, 3.05) is 23.1 Å². The van der Waals surface area contributed by atoms with Crippen LogP contribution in [0.4, 0.5) is 11.4 Å². The van der Waals surface area contributed by atoms with Crippen LogP contribution in [0.1, 0.15) is 5.56 Å². The second kappa shape index (κ2) is 8.09. The second-order valence-electron chi connectivity index (χ2n) is 5.86. The average molecular weight is 382 g/mol. The molecular weight excluding hydrogens is 364 g/mol. The standard InChI is InChI=1S/C20H18N2O4S/c1-13-7-9-14(10-8-13)21-18(23)12-27-17-11-19(24)22(20(17)25)15-5-3-4-6-16(15)26-2/h3-11H,12H2,1-2H3,(H,21,23). The van der Waals surface area contributed by atoms with Gasteiger partial charge in [0, 0.05) is 11.8 Å². The number of methoxy groups -OCH3 is 1. The minimum absolute atomic E-state index is 0.0263. The van der Waals surface area contributed by atoms with Crippen molar-refractivity contribution in [3.05, 3.63) is 65.1 Å². The van der Waals surface area contributed by atoms with Crippen molar-refractivity contribution in [2.24, 2.45) is 0 Å². The van der Waals surface area contributed by atoms with Crippen molar-refractivity contribution in [2.45, 2.75) is 6.92 Å². The van der Waals surface area contributed by atoms with Crippen molar-refractivity contribution in [3.63, 3.8) is 0 Å². The Kier molecular flexibility index (Phi) is 5.61. The molecule has 2 aromatic rings. The van der Waals surface area contributed by atoms with Gasteiger partial charge in [0.05, 0.1) is 23.5 Å². The first-order valence-electron chi connectivity index (χ1n) is 8.22. The van der Waals surface area contributed by atoms with Gasteiger partial charge in [-0.2, -0.15) is 0 Å². The largest absolute Gasteiger partial charge is 0.495 e. The van der Waals surface area contributed by atoms with Crippen molar-refractivity contribution < 1.29 is 19.1 Å². The minimum Gasteiger partial charge on any atom is -0.495 e. The molecule has 1 N–H and O–H groups in total. The van der Waals surface area contributed by atoms with Gasteiger partial charge < -0.3 is 10.1 Å². The number of hydrogen-bond donors (Lipinski definition) is 1. The fourth-order valence-electron chi connectivity index (χ4n) is 2.57. The fraction of sp³-hybridized carbons (Fsp3) is 0.150. The van der Waals surface area contributed by atoms with E-state index < -0.39 is 11.8 Å². The minimum atomic E-state index is -0.461. The highest BCUT2D eigenvalue weighted by Crippen LogP contribution is 2.34. The lowest BCUT2D eigenvalue weighted by atomic mass is 10.2. The molecule has 6 nitrogen and oxygen atoms in total.